The molecule has 8 heteroatoms. The summed E-state index contributed by atoms with van der Waals surface area (Å²) in [6, 6.07) is 8.56. The summed E-state index contributed by atoms with van der Waals surface area (Å²) < 4.78 is 48.8. The highest BCUT2D eigenvalue weighted by Crippen LogP contribution is 2.37. The number of hydrogen-bond acceptors (Lipinski definition) is 4. The first-order valence-electron chi connectivity index (χ1n) is 9.61. The fourth-order valence-corrected chi connectivity index (χ4v) is 3.82. The van der Waals surface area contributed by atoms with Gasteiger partial charge in [-0.05, 0) is 48.2 Å². The fourth-order valence-electron chi connectivity index (χ4n) is 3.65. The van der Waals surface area contributed by atoms with Crippen LogP contribution in [0.4, 0.5) is 19.0 Å². The first kappa shape index (κ1) is 20.6. The van der Waals surface area contributed by atoms with Crippen LogP contribution in [0.2, 0.25) is 0 Å². The minimum Gasteiger partial charge on any atom is -0.489 e. The SMILES string of the molecule is FC(F)(F)Oc1cc(CC2CNc3ncccc32)ccc1OCC1C=CC(Cl)=CC1. The quantitative estimate of drug-likeness (QED) is 0.620. The lowest BCUT2D eigenvalue weighted by Gasteiger charge is -2.19. The highest BCUT2D eigenvalue weighted by molar-refractivity contribution is 6.31. The number of allylic oxidation sites excluding steroid dienone is 3. The van der Waals surface area contributed by atoms with E-state index in [-0.39, 0.29) is 29.9 Å². The van der Waals surface area contributed by atoms with E-state index >= 15 is 0 Å². The minimum absolute atomic E-state index is 0.0412. The van der Waals surface area contributed by atoms with Gasteiger partial charge < -0.3 is 14.8 Å². The van der Waals surface area contributed by atoms with Crippen LogP contribution in [-0.2, 0) is 6.42 Å². The number of ether oxygens (including phenoxy) is 2. The number of rotatable bonds is 6. The summed E-state index contributed by atoms with van der Waals surface area (Å²) in [7, 11) is 0. The van der Waals surface area contributed by atoms with Crippen molar-refractivity contribution < 1.29 is 22.6 Å². The van der Waals surface area contributed by atoms with Crippen LogP contribution in [0.25, 0.3) is 0 Å². The molecule has 0 bridgehead atoms. The number of nitrogens with zero attached hydrogens (tertiary/aromatic N) is 1. The molecule has 0 fully saturated rings. The standard InChI is InChI=1S/C22H20ClF3N2O2/c23-17-6-3-14(4-7-17)13-29-19-8-5-15(11-20(19)30-22(24,25)26)10-16-12-28-21-18(16)2-1-9-27-21/h1-3,5-9,11,14,16H,4,10,12-13H2,(H,27,28). The van der Waals surface area contributed by atoms with Crippen LogP contribution in [0.1, 0.15) is 23.5 Å². The second kappa shape index (κ2) is 8.60. The molecule has 1 aromatic heterocycles. The summed E-state index contributed by atoms with van der Waals surface area (Å²) in [4.78, 5) is 4.28. The molecule has 2 unspecified atom stereocenters. The van der Waals surface area contributed by atoms with Crippen LogP contribution < -0.4 is 14.8 Å². The number of nitrogens with one attached hydrogen (secondary N) is 1. The Kier molecular flexibility index (Phi) is 5.90. The normalized spacial score (nSPS) is 20.3. The summed E-state index contributed by atoms with van der Waals surface area (Å²) in [5.41, 5.74) is 1.80. The molecule has 1 aromatic carbocycles. The molecule has 0 saturated carbocycles. The highest BCUT2D eigenvalue weighted by Gasteiger charge is 2.33. The maximum Gasteiger partial charge on any atom is 0.573 e. The van der Waals surface area contributed by atoms with E-state index in [0.717, 1.165) is 16.9 Å². The van der Waals surface area contributed by atoms with E-state index in [4.69, 9.17) is 16.3 Å². The molecule has 4 nitrogen and oxygen atoms in total. The summed E-state index contributed by atoms with van der Waals surface area (Å²) in [5, 5.41) is 3.87. The molecule has 1 aliphatic carbocycles. The number of alkyl halides is 3. The number of hydrogen-bond donors (Lipinski definition) is 1. The van der Waals surface area contributed by atoms with E-state index in [9.17, 15) is 13.2 Å². The average Bonchev–Trinajstić information content (AvgIpc) is 3.10. The second-order valence-corrected chi connectivity index (χ2v) is 7.74. The Hall–Kier alpha value is -2.67. The van der Waals surface area contributed by atoms with Crippen molar-refractivity contribution in [2.24, 2.45) is 5.92 Å². The van der Waals surface area contributed by atoms with Gasteiger partial charge in [-0.1, -0.05) is 35.9 Å². The lowest BCUT2D eigenvalue weighted by atomic mass is 9.94. The maximum atomic E-state index is 13.0. The highest BCUT2D eigenvalue weighted by atomic mass is 35.5. The Bertz CT molecular complexity index is 975. The first-order chi connectivity index (χ1) is 14.4. The molecule has 0 radical (unpaired) electrons. The van der Waals surface area contributed by atoms with Crippen molar-refractivity contribution in [3.8, 4) is 11.5 Å². The summed E-state index contributed by atoms with van der Waals surface area (Å²) in [6.45, 7) is 0.917. The van der Waals surface area contributed by atoms with Crippen molar-refractivity contribution in [2.75, 3.05) is 18.5 Å². The minimum atomic E-state index is -4.80. The number of halogens is 4. The summed E-state index contributed by atoms with van der Waals surface area (Å²) in [6.07, 6.45) is 3.65. The zero-order valence-corrected chi connectivity index (χ0v) is 16.7. The second-order valence-electron chi connectivity index (χ2n) is 7.31. The van der Waals surface area contributed by atoms with Gasteiger partial charge in [0.2, 0.25) is 0 Å². The number of anilines is 1. The Morgan fingerprint density at radius 1 is 1.20 bits per heavy atom. The van der Waals surface area contributed by atoms with Crippen LogP contribution in [0, 0.1) is 5.92 Å². The van der Waals surface area contributed by atoms with Gasteiger partial charge in [-0.15, -0.1) is 13.2 Å². The van der Waals surface area contributed by atoms with Crippen LogP contribution in [0.5, 0.6) is 11.5 Å². The number of pyridine rings is 1. The zero-order valence-electron chi connectivity index (χ0n) is 16.0. The molecule has 158 valence electrons. The van der Waals surface area contributed by atoms with E-state index in [1.54, 1.807) is 18.3 Å². The predicted molar refractivity (Wildman–Crippen MR) is 109 cm³/mol. The van der Waals surface area contributed by atoms with Gasteiger partial charge in [-0.25, -0.2) is 4.98 Å². The van der Waals surface area contributed by atoms with Crippen LogP contribution in [0.3, 0.4) is 0 Å². The third kappa shape index (κ3) is 5.08. The van der Waals surface area contributed by atoms with Crippen molar-refractivity contribution in [2.45, 2.75) is 25.1 Å². The molecule has 0 amide bonds. The molecule has 1 aliphatic heterocycles. The Balaban J connectivity index is 1.49. The summed E-state index contributed by atoms with van der Waals surface area (Å²) >= 11 is 5.90. The predicted octanol–water partition coefficient (Wildman–Crippen LogP) is 5.81. The summed E-state index contributed by atoms with van der Waals surface area (Å²) in [5.74, 6) is 0.731. The third-order valence-corrected chi connectivity index (χ3v) is 5.39. The van der Waals surface area contributed by atoms with Gasteiger partial charge in [0.05, 0.1) is 6.61 Å². The molecular weight excluding hydrogens is 417 g/mol. The van der Waals surface area contributed by atoms with Gasteiger partial charge in [0.1, 0.15) is 5.82 Å². The largest absolute Gasteiger partial charge is 0.573 e. The lowest BCUT2D eigenvalue weighted by molar-refractivity contribution is -0.275. The Morgan fingerprint density at radius 3 is 2.83 bits per heavy atom. The number of benzene rings is 1. The van der Waals surface area contributed by atoms with Crippen molar-refractivity contribution in [1.82, 2.24) is 4.98 Å². The molecule has 0 spiro atoms. The van der Waals surface area contributed by atoms with Gasteiger partial charge in [-0.3, -0.25) is 0 Å². The van der Waals surface area contributed by atoms with Gasteiger partial charge >= 0.3 is 6.36 Å². The Labute approximate surface area is 177 Å². The van der Waals surface area contributed by atoms with Gasteiger partial charge in [-0.2, -0.15) is 0 Å². The van der Waals surface area contributed by atoms with Crippen molar-refractivity contribution in [3.63, 3.8) is 0 Å². The Morgan fingerprint density at radius 2 is 2.07 bits per heavy atom. The molecule has 2 heterocycles. The van der Waals surface area contributed by atoms with E-state index in [2.05, 4.69) is 15.0 Å². The van der Waals surface area contributed by atoms with E-state index in [1.165, 1.54) is 12.1 Å². The molecule has 2 aliphatic rings. The molecule has 2 atom stereocenters. The fraction of sp³-hybridized carbons (Fsp3) is 0.318. The van der Waals surface area contributed by atoms with Crippen LogP contribution in [-0.4, -0.2) is 24.5 Å². The van der Waals surface area contributed by atoms with E-state index in [0.29, 0.717) is 24.4 Å². The molecular formula is C22H20ClF3N2O2. The third-order valence-electron chi connectivity index (χ3n) is 5.11. The molecule has 30 heavy (non-hydrogen) atoms. The lowest BCUT2D eigenvalue weighted by Crippen LogP contribution is -2.19. The van der Waals surface area contributed by atoms with Gasteiger partial charge in [0, 0.05) is 29.6 Å². The average molecular weight is 437 g/mol. The van der Waals surface area contributed by atoms with Gasteiger partial charge in [0.15, 0.2) is 11.5 Å². The number of aromatic nitrogens is 1. The van der Waals surface area contributed by atoms with Crippen LogP contribution in [0.15, 0.2) is 59.8 Å². The van der Waals surface area contributed by atoms with E-state index in [1.807, 2.05) is 24.3 Å². The maximum absolute atomic E-state index is 13.0. The van der Waals surface area contributed by atoms with Crippen molar-refractivity contribution in [1.29, 1.82) is 0 Å². The molecule has 0 saturated heterocycles. The first-order valence-corrected chi connectivity index (χ1v) is 9.99. The smallest absolute Gasteiger partial charge is 0.489 e. The zero-order chi connectivity index (χ0) is 21.1. The number of fused-ring (bicyclic) bond motifs is 1. The van der Waals surface area contributed by atoms with Gasteiger partial charge in [0.25, 0.3) is 0 Å². The topological polar surface area (TPSA) is 43.4 Å². The molecule has 1 N–H and O–H groups in total. The molecule has 4 rings (SSSR count). The monoisotopic (exact) mass is 436 g/mol. The van der Waals surface area contributed by atoms with Crippen molar-refractivity contribution >= 4 is 17.4 Å². The van der Waals surface area contributed by atoms with Crippen molar-refractivity contribution in [3.05, 3.63) is 70.9 Å². The van der Waals surface area contributed by atoms with E-state index < -0.39 is 6.36 Å². The van der Waals surface area contributed by atoms with Crippen LogP contribution >= 0.6 is 11.6 Å². The molecule has 2 aromatic rings.